The number of nitrogens with one attached hydrogen (secondary N) is 1. The zero-order valence-corrected chi connectivity index (χ0v) is 14.5. The normalized spacial score (nSPS) is 15.5. The molecule has 0 bridgehead atoms. The second kappa shape index (κ2) is 8.62. The van der Waals surface area contributed by atoms with Crippen LogP contribution in [0.3, 0.4) is 0 Å². The summed E-state index contributed by atoms with van der Waals surface area (Å²) in [5.74, 6) is -0.162. The van der Waals surface area contributed by atoms with Gasteiger partial charge in [0.15, 0.2) is 12.4 Å². The molecule has 25 heavy (non-hydrogen) atoms. The summed E-state index contributed by atoms with van der Waals surface area (Å²) in [6.07, 6.45) is 7.87. The van der Waals surface area contributed by atoms with Crippen LogP contribution in [0.2, 0.25) is 0 Å². The Morgan fingerprint density at radius 1 is 1.00 bits per heavy atom. The first-order valence-corrected chi connectivity index (χ1v) is 8.98. The number of likely N-dealkylation sites (tertiary alicyclic amines) is 1. The topological polar surface area (TPSA) is 59.3 Å². The molecule has 0 spiro atoms. The molecule has 5 heteroatoms. The third kappa shape index (κ3) is 5.03. The van der Waals surface area contributed by atoms with Crippen molar-refractivity contribution in [3.05, 3.63) is 70.7 Å². The van der Waals surface area contributed by atoms with E-state index in [4.69, 9.17) is 0 Å². The molecular weight excluding hydrogens is 314 g/mol. The molecule has 0 unspecified atom stereocenters. The first-order valence-electron chi connectivity index (χ1n) is 8.98. The van der Waals surface area contributed by atoms with Crippen molar-refractivity contribution in [3.63, 3.8) is 0 Å². The molecule has 0 atom stereocenters. The zero-order chi connectivity index (χ0) is 17.5. The Hall–Kier alpha value is -2.40. The van der Waals surface area contributed by atoms with Crippen molar-refractivity contribution >= 4 is 5.91 Å². The van der Waals surface area contributed by atoms with E-state index in [9.17, 15) is 10.0 Å². The second-order valence-corrected chi connectivity index (χ2v) is 6.59. The van der Waals surface area contributed by atoms with Crippen LogP contribution in [0.5, 0.6) is 0 Å². The van der Waals surface area contributed by atoms with E-state index in [0.717, 1.165) is 25.2 Å². The summed E-state index contributed by atoms with van der Waals surface area (Å²) in [6.45, 7) is 3.74. The molecule has 0 radical (unpaired) electrons. The number of pyridine rings is 1. The van der Waals surface area contributed by atoms with Gasteiger partial charge >= 0.3 is 0 Å². The molecule has 1 amide bonds. The van der Waals surface area contributed by atoms with Crippen LogP contribution in [0.4, 0.5) is 0 Å². The molecule has 2 aromatic rings. The predicted molar refractivity (Wildman–Crippen MR) is 96.8 cm³/mol. The third-order valence-corrected chi connectivity index (χ3v) is 4.71. The van der Waals surface area contributed by atoms with Crippen molar-refractivity contribution in [2.24, 2.45) is 0 Å². The minimum Gasteiger partial charge on any atom is -0.619 e. The summed E-state index contributed by atoms with van der Waals surface area (Å²) in [6, 6.07) is 11.4. The van der Waals surface area contributed by atoms with Gasteiger partial charge in [0.1, 0.15) is 0 Å². The number of carbonyl (C=O) groups excluding carboxylic acids is 1. The van der Waals surface area contributed by atoms with Crippen molar-refractivity contribution in [1.29, 1.82) is 0 Å². The Balaban J connectivity index is 1.62. The van der Waals surface area contributed by atoms with E-state index < -0.39 is 0 Å². The Labute approximate surface area is 148 Å². The van der Waals surface area contributed by atoms with E-state index in [0.29, 0.717) is 16.8 Å². The van der Waals surface area contributed by atoms with Gasteiger partial charge in [0.25, 0.3) is 5.91 Å². The lowest BCUT2D eigenvalue weighted by Gasteiger charge is -2.21. The number of rotatable bonds is 5. The Bertz CT molecular complexity index is 692. The summed E-state index contributed by atoms with van der Waals surface area (Å²) in [5, 5.41) is 14.0. The van der Waals surface area contributed by atoms with Gasteiger partial charge in [-0.3, -0.25) is 9.69 Å². The molecule has 1 aromatic heterocycles. The Morgan fingerprint density at radius 3 is 2.32 bits per heavy atom. The summed E-state index contributed by atoms with van der Waals surface area (Å²) >= 11 is 0. The van der Waals surface area contributed by atoms with Gasteiger partial charge in [-0.25, -0.2) is 0 Å². The highest BCUT2D eigenvalue weighted by Crippen LogP contribution is 2.16. The second-order valence-electron chi connectivity index (χ2n) is 6.59. The van der Waals surface area contributed by atoms with Crippen molar-refractivity contribution in [3.8, 4) is 0 Å². The van der Waals surface area contributed by atoms with Gasteiger partial charge in [-0.05, 0) is 37.1 Å². The fourth-order valence-corrected chi connectivity index (χ4v) is 3.26. The summed E-state index contributed by atoms with van der Waals surface area (Å²) in [7, 11) is 0. The molecule has 3 rings (SSSR count). The molecule has 1 aliphatic rings. The highest BCUT2D eigenvalue weighted by molar-refractivity contribution is 5.93. The number of hydrogen-bond donors (Lipinski definition) is 1. The monoisotopic (exact) mass is 339 g/mol. The average molecular weight is 339 g/mol. The molecule has 132 valence electrons. The molecule has 2 heterocycles. The van der Waals surface area contributed by atoms with Crippen molar-refractivity contribution in [1.82, 2.24) is 10.2 Å². The van der Waals surface area contributed by atoms with Crippen LogP contribution in [0.15, 0.2) is 48.8 Å². The van der Waals surface area contributed by atoms with Crippen LogP contribution >= 0.6 is 0 Å². The van der Waals surface area contributed by atoms with Crippen molar-refractivity contribution in [2.45, 2.75) is 38.8 Å². The van der Waals surface area contributed by atoms with E-state index in [1.165, 1.54) is 55.8 Å². The van der Waals surface area contributed by atoms with E-state index in [2.05, 4.69) is 28.4 Å². The number of carbonyl (C=O) groups is 1. The number of hydrogen-bond acceptors (Lipinski definition) is 3. The van der Waals surface area contributed by atoms with Gasteiger partial charge in [0.2, 0.25) is 0 Å². The standard InChI is InChI=1S/C20H25N3O2/c24-20(17-9-13-23(25)14-10-17)21-15-18-7-3-4-8-19(18)16-22-11-5-1-2-6-12-22/h3-4,7-10,13-14H,1-2,5-6,11-12,15-16H2,(H,21,24). The number of amides is 1. The minimum absolute atomic E-state index is 0.162. The molecule has 0 saturated carbocycles. The largest absolute Gasteiger partial charge is 0.619 e. The van der Waals surface area contributed by atoms with Crippen LogP contribution in [-0.4, -0.2) is 23.9 Å². The van der Waals surface area contributed by atoms with Crippen LogP contribution in [0.25, 0.3) is 0 Å². The van der Waals surface area contributed by atoms with Crippen LogP contribution in [0, 0.1) is 5.21 Å². The lowest BCUT2D eigenvalue weighted by molar-refractivity contribution is -0.605. The minimum atomic E-state index is -0.162. The van der Waals surface area contributed by atoms with E-state index in [1.807, 2.05) is 6.07 Å². The lowest BCUT2D eigenvalue weighted by Crippen LogP contribution is -2.28. The average Bonchev–Trinajstić information content (AvgIpc) is 2.90. The van der Waals surface area contributed by atoms with E-state index in [1.54, 1.807) is 0 Å². The lowest BCUT2D eigenvalue weighted by atomic mass is 10.1. The van der Waals surface area contributed by atoms with Gasteiger partial charge in [-0.1, -0.05) is 37.1 Å². The molecule has 5 nitrogen and oxygen atoms in total. The highest BCUT2D eigenvalue weighted by atomic mass is 16.5. The van der Waals surface area contributed by atoms with Gasteiger partial charge in [0.05, 0.1) is 5.56 Å². The molecule has 1 saturated heterocycles. The maximum atomic E-state index is 12.2. The first kappa shape index (κ1) is 17.4. The molecule has 1 fully saturated rings. The Morgan fingerprint density at radius 2 is 1.64 bits per heavy atom. The van der Waals surface area contributed by atoms with Gasteiger partial charge < -0.3 is 10.5 Å². The maximum Gasteiger partial charge on any atom is 0.252 e. The first-order chi connectivity index (χ1) is 12.2. The molecule has 0 aliphatic carbocycles. The van der Waals surface area contributed by atoms with E-state index in [-0.39, 0.29) is 5.91 Å². The van der Waals surface area contributed by atoms with Gasteiger partial charge in [0, 0.05) is 25.2 Å². The van der Waals surface area contributed by atoms with Gasteiger partial charge in [-0.15, -0.1) is 0 Å². The molecule has 1 N–H and O–H groups in total. The third-order valence-electron chi connectivity index (χ3n) is 4.71. The molecule has 1 aliphatic heterocycles. The summed E-state index contributed by atoms with van der Waals surface area (Å²) < 4.78 is 0.674. The van der Waals surface area contributed by atoms with E-state index >= 15 is 0 Å². The number of aromatic nitrogens is 1. The Kier molecular flexibility index (Phi) is 6.01. The molecule has 1 aromatic carbocycles. The fourth-order valence-electron chi connectivity index (χ4n) is 3.26. The predicted octanol–water partition coefficient (Wildman–Crippen LogP) is 2.63. The highest BCUT2D eigenvalue weighted by Gasteiger charge is 2.12. The summed E-state index contributed by atoms with van der Waals surface area (Å²) in [4.78, 5) is 14.8. The smallest absolute Gasteiger partial charge is 0.252 e. The van der Waals surface area contributed by atoms with Crippen molar-refractivity contribution in [2.75, 3.05) is 13.1 Å². The SMILES string of the molecule is O=C(NCc1ccccc1CN1CCCCCC1)c1cc[n+]([O-])cc1. The van der Waals surface area contributed by atoms with Crippen LogP contribution in [-0.2, 0) is 13.1 Å². The van der Waals surface area contributed by atoms with Gasteiger partial charge in [-0.2, -0.15) is 4.73 Å². The molecular formula is C20H25N3O2. The van der Waals surface area contributed by atoms with Crippen LogP contribution in [0.1, 0.15) is 47.2 Å². The quantitative estimate of drug-likeness (QED) is 0.673. The van der Waals surface area contributed by atoms with Crippen LogP contribution < -0.4 is 10.0 Å². The fraction of sp³-hybridized carbons (Fsp3) is 0.400. The number of benzene rings is 1. The maximum absolute atomic E-state index is 12.2. The zero-order valence-electron chi connectivity index (χ0n) is 14.5. The van der Waals surface area contributed by atoms with Crippen molar-refractivity contribution < 1.29 is 9.52 Å². The summed E-state index contributed by atoms with van der Waals surface area (Å²) in [5.41, 5.74) is 2.92. The number of nitrogens with zero attached hydrogens (tertiary/aromatic N) is 2.